The molecule has 0 bridgehead atoms. The van der Waals surface area contributed by atoms with Crippen molar-refractivity contribution in [3.63, 3.8) is 0 Å². The van der Waals surface area contributed by atoms with E-state index < -0.39 is 0 Å². The van der Waals surface area contributed by atoms with Gasteiger partial charge in [-0.05, 0) is 37.1 Å². The number of carbonyl (C=O) groups is 1. The fourth-order valence-electron chi connectivity index (χ4n) is 3.81. The number of rotatable bonds is 6. The highest BCUT2D eigenvalue weighted by molar-refractivity contribution is 7.99. The molecule has 3 heterocycles. The number of nitrogens with zero attached hydrogens (tertiary/aromatic N) is 6. The van der Waals surface area contributed by atoms with E-state index in [1.165, 1.54) is 17.8 Å². The molecule has 2 aliphatic rings. The number of amides is 1. The molecule has 1 aromatic carbocycles. The molecule has 5 rings (SSSR count). The summed E-state index contributed by atoms with van der Waals surface area (Å²) in [6, 6.07) is 12.8. The molecular weight excluding hydrogens is 415 g/mol. The summed E-state index contributed by atoms with van der Waals surface area (Å²) in [4.78, 5) is 21.3. The van der Waals surface area contributed by atoms with Crippen LogP contribution >= 0.6 is 11.8 Å². The molecule has 2 fully saturated rings. The smallest absolute Gasteiger partial charge is 0.233 e. The van der Waals surface area contributed by atoms with Gasteiger partial charge in [0.1, 0.15) is 11.6 Å². The third-order valence-corrected chi connectivity index (χ3v) is 6.55. The molecule has 1 amide bonds. The second kappa shape index (κ2) is 8.66. The molecule has 7 nitrogen and oxygen atoms in total. The van der Waals surface area contributed by atoms with E-state index in [1.807, 2.05) is 27.7 Å². The van der Waals surface area contributed by atoms with Gasteiger partial charge in [-0.2, -0.15) is 0 Å². The SMILES string of the molecule is O=C(CSc1nnc(-c2ccccc2F)n1C1CC1)N1CCN(c2ccccn2)CC1. The average Bonchev–Trinajstić information content (AvgIpc) is 3.57. The van der Waals surface area contributed by atoms with Crippen LogP contribution in [0.15, 0.2) is 53.8 Å². The minimum Gasteiger partial charge on any atom is -0.353 e. The number of hydrogen-bond acceptors (Lipinski definition) is 6. The van der Waals surface area contributed by atoms with E-state index in [9.17, 15) is 9.18 Å². The first-order valence-corrected chi connectivity index (χ1v) is 11.5. The first-order valence-electron chi connectivity index (χ1n) is 10.5. The maximum absolute atomic E-state index is 14.3. The Morgan fingerprint density at radius 1 is 1.03 bits per heavy atom. The van der Waals surface area contributed by atoms with Crippen molar-refractivity contribution in [1.82, 2.24) is 24.6 Å². The Hall–Kier alpha value is -2.94. The Morgan fingerprint density at radius 2 is 1.81 bits per heavy atom. The Kier molecular flexibility index (Phi) is 5.59. The number of pyridine rings is 1. The fourth-order valence-corrected chi connectivity index (χ4v) is 4.72. The topological polar surface area (TPSA) is 67.2 Å². The lowest BCUT2D eigenvalue weighted by Gasteiger charge is -2.35. The van der Waals surface area contributed by atoms with Crippen molar-refractivity contribution in [1.29, 1.82) is 0 Å². The molecule has 0 atom stereocenters. The zero-order valence-corrected chi connectivity index (χ0v) is 17.8. The lowest BCUT2D eigenvalue weighted by Crippen LogP contribution is -2.49. The minimum atomic E-state index is -0.310. The number of benzene rings is 1. The molecule has 31 heavy (non-hydrogen) atoms. The molecule has 9 heteroatoms. The summed E-state index contributed by atoms with van der Waals surface area (Å²) < 4.78 is 16.3. The van der Waals surface area contributed by atoms with E-state index in [0.29, 0.717) is 35.4 Å². The van der Waals surface area contributed by atoms with Crippen LogP contribution in [-0.2, 0) is 4.79 Å². The molecule has 1 saturated carbocycles. The maximum atomic E-state index is 14.3. The molecule has 0 spiro atoms. The quantitative estimate of drug-likeness (QED) is 0.551. The third kappa shape index (κ3) is 4.27. The molecule has 3 aromatic rings. The lowest BCUT2D eigenvalue weighted by atomic mass is 10.2. The van der Waals surface area contributed by atoms with Crippen molar-refractivity contribution in [2.45, 2.75) is 24.0 Å². The number of anilines is 1. The summed E-state index contributed by atoms with van der Waals surface area (Å²) in [5.74, 6) is 1.56. The highest BCUT2D eigenvalue weighted by Crippen LogP contribution is 2.41. The second-order valence-corrected chi connectivity index (χ2v) is 8.67. The number of hydrogen-bond donors (Lipinski definition) is 0. The predicted octanol–water partition coefficient (Wildman–Crippen LogP) is 3.26. The van der Waals surface area contributed by atoms with Gasteiger partial charge in [-0.3, -0.25) is 9.36 Å². The van der Waals surface area contributed by atoms with Gasteiger partial charge in [-0.1, -0.05) is 30.0 Å². The van der Waals surface area contributed by atoms with Crippen molar-refractivity contribution in [3.8, 4) is 11.4 Å². The van der Waals surface area contributed by atoms with Gasteiger partial charge in [0.15, 0.2) is 11.0 Å². The average molecular weight is 439 g/mol. The number of piperazine rings is 1. The summed E-state index contributed by atoms with van der Waals surface area (Å²) in [7, 11) is 0. The van der Waals surface area contributed by atoms with Gasteiger partial charge in [-0.15, -0.1) is 10.2 Å². The first-order chi connectivity index (χ1) is 15.2. The number of aromatic nitrogens is 4. The van der Waals surface area contributed by atoms with Crippen LogP contribution in [0.2, 0.25) is 0 Å². The van der Waals surface area contributed by atoms with E-state index in [4.69, 9.17) is 0 Å². The molecule has 0 N–H and O–H groups in total. The Bertz CT molecular complexity index is 1060. The molecule has 0 unspecified atom stereocenters. The van der Waals surface area contributed by atoms with E-state index >= 15 is 0 Å². The van der Waals surface area contributed by atoms with Crippen LogP contribution < -0.4 is 4.90 Å². The van der Waals surface area contributed by atoms with E-state index in [-0.39, 0.29) is 17.8 Å². The third-order valence-electron chi connectivity index (χ3n) is 5.62. The largest absolute Gasteiger partial charge is 0.353 e. The van der Waals surface area contributed by atoms with E-state index in [2.05, 4.69) is 20.1 Å². The summed E-state index contributed by atoms with van der Waals surface area (Å²) in [6.45, 7) is 2.88. The summed E-state index contributed by atoms with van der Waals surface area (Å²) in [6.07, 6.45) is 3.84. The molecule has 0 radical (unpaired) electrons. The van der Waals surface area contributed by atoms with Crippen LogP contribution in [0.25, 0.3) is 11.4 Å². The normalized spacial score (nSPS) is 16.5. The van der Waals surface area contributed by atoms with Gasteiger partial charge in [0.25, 0.3) is 0 Å². The van der Waals surface area contributed by atoms with Gasteiger partial charge < -0.3 is 9.80 Å². The highest BCUT2D eigenvalue weighted by atomic mass is 32.2. The molecule has 160 valence electrons. The van der Waals surface area contributed by atoms with Crippen LogP contribution in [0.1, 0.15) is 18.9 Å². The molecule has 1 aliphatic heterocycles. The zero-order chi connectivity index (χ0) is 21.2. The number of halogens is 1. The standard InChI is InChI=1S/C22H23FN6OS/c23-18-6-2-1-5-17(18)21-25-26-22(29(21)16-8-9-16)31-15-20(30)28-13-11-27(12-14-28)19-7-3-4-10-24-19/h1-7,10,16H,8-9,11-15H2. The second-order valence-electron chi connectivity index (χ2n) is 7.73. The lowest BCUT2D eigenvalue weighted by molar-refractivity contribution is -0.128. The van der Waals surface area contributed by atoms with Crippen molar-refractivity contribution in [3.05, 3.63) is 54.5 Å². The van der Waals surface area contributed by atoms with E-state index in [1.54, 1.807) is 24.4 Å². The summed E-state index contributed by atoms with van der Waals surface area (Å²) in [5, 5.41) is 9.22. The minimum absolute atomic E-state index is 0.0865. The van der Waals surface area contributed by atoms with Crippen molar-refractivity contribution >= 4 is 23.5 Å². The fraction of sp³-hybridized carbons (Fsp3) is 0.364. The predicted molar refractivity (Wildman–Crippen MR) is 117 cm³/mol. The number of carbonyl (C=O) groups excluding carboxylic acids is 1. The monoisotopic (exact) mass is 438 g/mol. The Balaban J connectivity index is 1.23. The Labute approximate surface area is 184 Å². The molecule has 1 saturated heterocycles. The van der Waals surface area contributed by atoms with Crippen LogP contribution in [0.5, 0.6) is 0 Å². The van der Waals surface area contributed by atoms with Gasteiger partial charge in [0.05, 0.1) is 11.3 Å². The van der Waals surface area contributed by atoms with Crippen molar-refractivity contribution in [2.24, 2.45) is 0 Å². The van der Waals surface area contributed by atoms with Gasteiger partial charge in [0, 0.05) is 38.4 Å². The van der Waals surface area contributed by atoms with Crippen molar-refractivity contribution in [2.75, 3.05) is 36.8 Å². The van der Waals surface area contributed by atoms with Crippen LogP contribution in [0.4, 0.5) is 10.2 Å². The Morgan fingerprint density at radius 3 is 2.52 bits per heavy atom. The summed E-state index contributed by atoms with van der Waals surface area (Å²) in [5.41, 5.74) is 0.450. The van der Waals surface area contributed by atoms with E-state index in [0.717, 1.165) is 31.7 Å². The molecular formula is C22H23FN6OS. The number of thioether (sulfide) groups is 1. The van der Waals surface area contributed by atoms with Crippen molar-refractivity contribution < 1.29 is 9.18 Å². The van der Waals surface area contributed by atoms with Gasteiger partial charge in [-0.25, -0.2) is 9.37 Å². The first kappa shape index (κ1) is 20.0. The molecule has 2 aromatic heterocycles. The molecule has 1 aliphatic carbocycles. The zero-order valence-electron chi connectivity index (χ0n) is 17.0. The van der Waals surface area contributed by atoms with Crippen LogP contribution in [-0.4, -0.2) is 62.5 Å². The van der Waals surface area contributed by atoms with Crippen LogP contribution in [0.3, 0.4) is 0 Å². The summed E-state index contributed by atoms with van der Waals surface area (Å²) >= 11 is 1.39. The highest BCUT2D eigenvalue weighted by Gasteiger charge is 2.31. The van der Waals surface area contributed by atoms with Gasteiger partial charge in [0.2, 0.25) is 5.91 Å². The maximum Gasteiger partial charge on any atom is 0.233 e. The van der Waals surface area contributed by atoms with Crippen LogP contribution in [0, 0.1) is 5.82 Å². The van der Waals surface area contributed by atoms with Gasteiger partial charge >= 0.3 is 0 Å².